The quantitative estimate of drug-likeness (QED) is 0.384. The molecule has 4 nitrogen and oxygen atoms in total. The Kier molecular flexibility index (Phi) is 9.40. The Bertz CT molecular complexity index is 1000. The van der Waals surface area contributed by atoms with Crippen LogP contribution in [0.3, 0.4) is 0 Å². The van der Waals surface area contributed by atoms with Crippen molar-refractivity contribution in [2.75, 3.05) is 6.54 Å². The molecule has 2 N–H and O–H groups in total. The smallest absolute Gasteiger partial charge is 0.305 e. The van der Waals surface area contributed by atoms with Crippen molar-refractivity contribution in [2.45, 2.75) is 63.9 Å². The molecule has 5 heteroatoms. The molecule has 1 aromatic carbocycles. The highest BCUT2D eigenvalue weighted by atomic mass is 32.2. The summed E-state index contributed by atoms with van der Waals surface area (Å²) in [7, 11) is 0. The Morgan fingerprint density at radius 1 is 1.12 bits per heavy atom. The summed E-state index contributed by atoms with van der Waals surface area (Å²) < 4.78 is 0. The Morgan fingerprint density at radius 3 is 2.41 bits per heavy atom. The zero-order chi connectivity index (χ0) is 24.7. The molecule has 0 radical (unpaired) electrons. The first-order valence-electron chi connectivity index (χ1n) is 12.3. The third-order valence-corrected chi connectivity index (χ3v) is 7.93. The van der Waals surface area contributed by atoms with Crippen molar-refractivity contribution in [1.29, 1.82) is 0 Å². The maximum Gasteiger partial charge on any atom is 0.305 e. The highest BCUT2D eigenvalue weighted by molar-refractivity contribution is 8.00. The molecular formula is C29H37NO3S. The number of amides is 1. The van der Waals surface area contributed by atoms with Gasteiger partial charge in [0.1, 0.15) is 0 Å². The molecule has 0 bridgehead atoms. The minimum Gasteiger partial charge on any atom is -0.481 e. The van der Waals surface area contributed by atoms with Gasteiger partial charge in [0.2, 0.25) is 0 Å². The number of thioether (sulfide) groups is 1. The number of carbonyl (C=O) groups is 2. The fourth-order valence-electron chi connectivity index (χ4n) is 4.20. The predicted octanol–water partition coefficient (Wildman–Crippen LogP) is 6.88. The van der Waals surface area contributed by atoms with Gasteiger partial charge in [-0.3, -0.25) is 9.59 Å². The van der Waals surface area contributed by atoms with Crippen LogP contribution >= 0.6 is 11.8 Å². The molecule has 2 aliphatic rings. The minimum atomic E-state index is -0.917. The first kappa shape index (κ1) is 26.1. The molecule has 0 saturated carbocycles. The van der Waals surface area contributed by atoms with Crippen molar-refractivity contribution >= 4 is 23.6 Å². The van der Waals surface area contributed by atoms with E-state index in [-0.39, 0.29) is 18.9 Å². The van der Waals surface area contributed by atoms with E-state index in [0.717, 1.165) is 19.3 Å². The Hall–Kier alpha value is -2.53. The summed E-state index contributed by atoms with van der Waals surface area (Å²) in [5.41, 5.74) is 5.94. The second-order valence-electron chi connectivity index (χ2n) is 9.75. The van der Waals surface area contributed by atoms with Gasteiger partial charge in [0, 0.05) is 22.6 Å². The lowest BCUT2D eigenvalue weighted by molar-refractivity contribution is -0.136. The number of benzene rings is 1. The molecule has 0 saturated heterocycles. The normalized spacial score (nSPS) is 20.9. The monoisotopic (exact) mass is 479 g/mol. The van der Waals surface area contributed by atoms with Crippen molar-refractivity contribution in [3.8, 4) is 0 Å². The summed E-state index contributed by atoms with van der Waals surface area (Å²) in [6.45, 7) is 9.14. The SMILES string of the molecule is CC1=CC(C2=CCC(SC(CC(C)C)c3ccc(C(=O)NCCC(=O)O)cc3)C=C2)=CCC1C. The van der Waals surface area contributed by atoms with E-state index in [4.69, 9.17) is 5.11 Å². The van der Waals surface area contributed by atoms with Gasteiger partial charge in [-0.15, -0.1) is 11.8 Å². The number of allylic oxidation sites excluding steroid dienone is 7. The number of carboxylic acid groups (broad SMARTS) is 1. The minimum absolute atomic E-state index is 0.0751. The van der Waals surface area contributed by atoms with E-state index in [1.807, 2.05) is 36.0 Å². The molecule has 182 valence electrons. The van der Waals surface area contributed by atoms with E-state index in [0.29, 0.717) is 27.9 Å². The van der Waals surface area contributed by atoms with Crippen molar-refractivity contribution in [1.82, 2.24) is 5.32 Å². The molecule has 1 amide bonds. The second-order valence-corrected chi connectivity index (χ2v) is 11.2. The summed E-state index contributed by atoms with van der Waals surface area (Å²) in [6, 6.07) is 7.78. The number of hydrogen-bond donors (Lipinski definition) is 2. The highest BCUT2D eigenvalue weighted by Gasteiger charge is 2.21. The van der Waals surface area contributed by atoms with E-state index in [1.54, 1.807) is 0 Å². The van der Waals surface area contributed by atoms with Crippen LogP contribution in [0.25, 0.3) is 0 Å². The second kappa shape index (κ2) is 12.3. The third-order valence-electron chi connectivity index (χ3n) is 6.44. The van der Waals surface area contributed by atoms with Crippen molar-refractivity contribution < 1.29 is 14.7 Å². The molecule has 0 heterocycles. The molecule has 3 unspecified atom stereocenters. The average molecular weight is 480 g/mol. The van der Waals surface area contributed by atoms with Crippen LogP contribution in [0.2, 0.25) is 0 Å². The molecule has 0 fully saturated rings. The summed E-state index contributed by atoms with van der Waals surface area (Å²) in [6.07, 6.45) is 14.8. The fraction of sp³-hybridized carbons (Fsp3) is 0.448. The topological polar surface area (TPSA) is 66.4 Å². The molecule has 1 aromatic rings. The average Bonchev–Trinajstić information content (AvgIpc) is 2.80. The van der Waals surface area contributed by atoms with Crippen molar-refractivity contribution in [3.05, 3.63) is 82.5 Å². The molecule has 2 aliphatic carbocycles. The lowest BCUT2D eigenvalue weighted by Gasteiger charge is -2.25. The molecule has 0 aromatic heterocycles. The highest BCUT2D eigenvalue weighted by Crippen LogP contribution is 2.41. The molecule has 0 spiro atoms. The van der Waals surface area contributed by atoms with Gasteiger partial charge in [-0.2, -0.15) is 0 Å². The van der Waals surface area contributed by atoms with E-state index in [1.165, 1.54) is 22.3 Å². The Balaban J connectivity index is 1.62. The van der Waals surface area contributed by atoms with Gasteiger partial charge < -0.3 is 10.4 Å². The van der Waals surface area contributed by atoms with Crippen LogP contribution in [0.1, 0.15) is 74.5 Å². The van der Waals surface area contributed by atoms with Crippen LogP contribution in [-0.4, -0.2) is 28.8 Å². The van der Waals surface area contributed by atoms with E-state index in [9.17, 15) is 9.59 Å². The maximum absolute atomic E-state index is 12.3. The van der Waals surface area contributed by atoms with Crippen LogP contribution < -0.4 is 5.32 Å². The van der Waals surface area contributed by atoms with Gasteiger partial charge >= 0.3 is 5.97 Å². The van der Waals surface area contributed by atoms with E-state index in [2.05, 4.69) is 63.4 Å². The third kappa shape index (κ3) is 7.49. The van der Waals surface area contributed by atoms with Gasteiger partial charge in [0.15, 0.2) is 0 Å². The van der Waals surface area contributed by atoms with Crippen LogP contribution in [0.5, 0.6) is 0 Å². The van der Waals surface area contributed by atoms with Crippen molar-refractivity contribution in [2.24, 2.45) is 11.8 Å². The summed E-state index contributed by atoms with van der Waals surface area (Å²) >= 11 is 2.00. The van der Waals surface area contributed by atoms with Crippen LogP contribution in [-0.2, 0) is 4.79 Å². The lowest BCUT2D eigenvalue weighted by Crippen LogP contribution is -2.25. The molecule has 34 heavy (non-hydrogen) atoms. The first-order chi connectivity index (χ1) is 16.2. The van der Waals surface area contributed by atoms with Crippen molar-refractivity contribution in [3.63, 3.8) is 0 Å². The zero-order valence-corrected chi connectivity index (χ0v) is 21.5. The van der Waals surface area contributed by atoms with E-state index < -0.39 is 5.97 Å². The van der Waals surface area contributed by atoms with E-state index >= 15 is 0 Å². The predicted molar refractivity (Wildman–Crippen MR) is 142 cm³/mol. The summed E-state index contributed by atoms with van der Waals surface area (Å²) in [5.74, 6) is 0.0564. The number of carboxylic acids is 1. The standard InChI is InChI=1S/C29H37NO3S/c1-19(2)17-27(23-7-9-24(10-8-23)29(33)30-16-15-28(31)32)34-26-13-11-22(12-14-26)25-6-5-20(3)21(4)18-25/h6-13,18-20,26-27H,5,14-17H2,1-4H3,(H,30,33)(H,31,32). The number of hydrogen-bond acceptors (Lipinski definition) is 3. The number of carbonyl (C=O) groups excluding carboxylic acids is 1. The molecule has 3 rings (SSSR count). The summed E-state index contributed by atoms with van der Waals surface area (Å²) in [4.78, 5) is 22.9. The number of nitrogens with one attached hydrogen (secondary N) is 1. The number of rotatable bonds is 10. The van der Waals surface area contributed by atoms with Gasteiger partial charge in [0.05, 0.1) is 6.42 Å². The Morgan fingerprint density at radius 2 is 1.82 bits per heavy atom. The molecule has 0 aliphatic heterocycles. The molecule has 3 atom stereocenters. The van der Waals surface area contributed by atoms with Crippen LogP contribution in [0.4, 0.5) is 0 Å². The first-order valence-corrected chi connectivity index (χ1v) is 13.2. The fourth-order valence-corrected chi connectivity index (χ4v) is 5.81. The number of aliphatic carboxylic acids is 1. The van der Waals surface area contributed by atoms with Gasteiger partial charge in [-0.1, -0.05) is 68.9 Å². The Labute approximate surface area is 208 Å². The lowest BCUT2D eigenvalue weighted by atomic mass is 9.87. The van der Waals surface area contributed by atoms with Crippen LogP contribution in [0.15, 0.2) is 71.4 Å². The molecular weight excluding hydrogens is 442 g/mol. The van der Waals surface area contributed by atoms with Crippen LogP contribution in [0, 0.1) is 11.8 Å². The van der Waals surface area contributed by atoms with Gasteiger partial charge in [-0.05, 0) is 66.9 Å². The van der Waals surface area contributed by atoms with Gasteiger partial charge in [-0.25, -0.2) is 0 Å². The summed E-state index contributed by atoms with van der Waals surface area (Å²) in [5, 5.41) is 12.2. The van der Waals surface area contributed by atoms with Gasteiger partial charge in [0.25, 0.3) is 5.91 Å². The largest absolute Gasteiger partial charge is 0.481 e. The zero-order valence-electron chi connectivity index (χ0n) is 20.7. The maximum atomic E-state index is 12.3.